The highest BCUT2D eigenvalue weighted by Crippen LogP contribution is 2.32. The Morgan fingerprint density at radius 3 is 2.33 bits per heavy atom. The van der Waals surface area contributed by atoms with Crippen molar-refractivity contribution in [3.63, 3.8) is 0 Å². The Morgan fingerprint density at radius 1 is 1.03 bits per heavy atom. The largest absolute Gasteiger partial charge is 0.416 e. The summed E-state index contributed by atoms with van der Waals surface area (Å²) in [5.41, 5.74) is 1.71. The number of carbonyl (C=O) groups excluding carboxylic acids is 1. The molecule has 0 atom stereocenters. The van der Waals surface area contributed by atoms with Gasteiger partial charge in [-0.3, -0.25) is 9.69 Å². The zero-order valence-electron chi connectivity index (χ0n) is 16.2. The molecule has 0 saturated carbocycles. The number of thiazole rings is 1. The first-order valence-corrected chi connectivity index (χ1v) is 10.7. The molecule has 156 valence electrons. The van der Waals surface area contributed by atoms with Crippen LogP contribution in [0.5, 0.6) is 0 Å². The number of hydrogen-bond acceptors (Lipinski definition) is 4. The normalized spacial score (nSPS) is 16.0. The van der Waals surface area contributed by atoms with Crippen LogP contribution in [-0.4, -0.2) is 28.8 Å². The van der Waals surface area contributed by atoms with Crippen molar-refractivity contribution in [3.8, 4) is 10.6 Å². The lowest BCUT2D eigenvalue weighted by Gasteiger charge is -2.30. The fourth-order valence-electron chi connectivity index (χ4n) is 3.73. The molecule has 0 spiro atoms. The maximum absolute atomic E-state index is 12.7. The Hall–Kier alpha value is -2.51. The van der Waals surface area contributed by atoms with Gasteiger partial charge in [0.2, 0.25) is 0 Å². The first kappa shape index (κ1) is 20.8. The number of benzene rings is 2. The molecule has 0 aliphatic carbocycles. The minimum atomic E-state index is -4.33. The average molecular weight is 430 g/mol. The third-order valence-corrected chi connectivity index (χ3v) is 6.35. The van der Waals surface area contributed by atoms with Crippen LogP contribution in [0.15, 0.2) is 60.0 Å². The maximum Gasteiger partial charge on any atom is 0.416 e. The molecule has 1 aliphatic heterocycles. The molecule has 4 rings (SSSR count). The number of piperidine rings is 1. The van der Waals surface area contributed by atoms with E-state index in [9.17, 15) is 18.0 Å². The van der Waals surface area contributed by atoms with E-state index >= 15 is 0 Å². The van der Waals surface area contributed by atoms with Gasteiger partial charge in [0.1, 0.15) is 5.01 Å². The molecule has 1 fully saturated rings. The molecule has 2 heterocycles. The number of aromatic nitrogens is 1. The van der Waals surface area contributed by atoms with Gasteiger partial charge in [-0.25, -0.2) is 4.98 Å². The number of ketones is 1. The molecular weight excluding hydrogens is 409 g/mol. The van der Waals surface area contributed by atoms with E-state index in [2.05, 4.69) is 9.88 Å². The van der Waals surface area contributed by atoms with Crippen LogP contribution in [0.1, 0.15) is 34.5 Å². The number of likely N-dealkylation sites (tertiary alicyclic amines) is 1. The van der Waals surface area contributed by atoms with E-state index in [4.69, 9.17) is 0 Å². The van der Waals surface area contributed by atoms with Crippen LogP contribution in [0.2, 0.25) is 0 Å². The Balaban J connectivity index is 1.33. The van der Waals surface area contributed by atoms with Crippen LogP contribution < -0.4 is 0 Å². The highest BCUT2D eigenvalue weighted by molar-refractivity contribution is 7.13. The average Bonchev–Trinajstić information content (AvgIpc) is 3.22. The quantitative estimate of drug-likeness (QED) is 0.471. The van der Waals surface area contributed by atoms with Crippen molar-refractivity contribution in [2.24, 2.45) is 5.92 Å². The van der Waals surface area contributed by atoms with E-state index in [1.54, 1.807) is 0 Å². The molecule has 1 saturated heterocycles. The highest BCUT2D eigenvalue weighted by atomic mass is 32.1. The molecule has 2 aromatic carbocycles. The summed E-state index contributed by atoms with van der Waals surface area (Å²) in [6.07, 6.45) is -2.69. The minimum absolute atomic E-state index is 0.0572. The van der Waals surface area contributed by atoms with Gasteiger partial charge in [-0.05, 0) is 38.1 Å². The molecule has 0 radical (unpaired) electrons. The molecule has 7 heteroatoms. The standard InChI is InChI=1S/C23H21F3N2OS/c24-23(25,26)19-8-6-18(7-9-19)22-27-20(15-30-22)14-28-12-10-17(11-13-28)21(29)16-4-2-1-3-5-16/h1-9,15,17H,10-14H2. The zero-order chi connectivity index (χ0) is 21.1. The highest BCUT2D eigenvalue weighted by Gasteiger charge is 2.30. The molecule has 30 heavy (non-hydrogen) atoms. The molecule has 0 amide bonds. The van der Waals surface area contributed by atoms with Crippen molar-refractivity contribution in [2.45, 2.75) is 25.6 Å². The van der Waals surface area contributed by atoms with Crippen LogP contribution in [-0.2, 0) is 12.7 Å². The van der Waals surface area contributed by atoms with Crippen LogP contribution in [0, 0.1) is 5.92 Å². The predicted octanol–water partition coefficient (Wildman–Crippen LogP) is 5.92. The molecule has 0 bridgehead atoms. The van der Waals surface area contributed by atoms with Crippen molar-refractivity contribution < 1.29 is 18.0 Å². The zero-order valence-corrected chi connectivity index (χ0v) is 17.0. The van der Waals surface area contributed by atoms with Gasteiger partial charge in [0.15, 0.2) is 5.78 Å². The molecule has 3 aromatic rings. The van der Waals surface area contributed by atoms with Gasteiger partial charge >= 0.3 is 6.18 Å². The minimum Gasteiger partial charge on any atom is -0.297 e. The van der Waals surface area contributed by atoms with E-state index < -0.39 is 11.7 Å². The summed E-state index contributed by atoms with van der Waals surface area (Å²) in [4.78, 5) is 19.5. The summed E-state index contributed by atoms with van der Waals surface area (Å²) in [5, 5.41) is 2.67. The molecule has 0 unspecified atom stereocenters. The number of Topliss-reactive ketones (excluding diaryl/α,β-unsaturated/α-hetero) is 1. The Morgan fingerprint density at radius 2 is 1.70 bits per heavy atom. The summed E-state index contributed by atoms with van der Waals surface area (Å²) in [6.45, 7) is 2.34. The molecule has 1 aliphatic rings. The van der Waals surface area contributed by atoms with Crippen molar-refractivity contribution in [2.75, 3.05) is 13.1 Å². The fraction of sp³-hybridized carbons (Fsp3) is 0.304. The van der Waals surface area contributed by atoms with Crippen LogP contribution in [0.4, 0.5) is 13.2 Å². The Kier molecular flexibility index (Phi) is 6.01. The first-order valence-electron chi connectivity index (χ1n) is 9.84. The van der Waals surface area contributed by atoms with Gasteiger partial charge in [-0.15, -0.1) is 11.3 Å². The van der Waals surface area contributed by atoms with Gasteiger partial charge in [0.25, 0.3) is 0 Å². The maximum atomic E-state index is 12.7. The summed E-state index contributed by atoms with van der Waals surface area (Å²) in [7, 11) is 0. The van der Waals surface area contributed by atoms with Gasteiger partial charge < -0.3 is 0 Å². The SMILES string of the molecule is O=C(c1ccccc1)C1CCN(Cc2csc(-c3ccc(C(F)(F)F)cc3)n2)CC1. The van der Waals surface area contributed by atoms with Gasteiger partial charge in [-0.2, -0.15) is 13.2 Å². The van der Waals surface area contributed by atoms with E-state index in [0.29, 0.717) is 17.1 Å². The summed E-state index contributed by atoms with van der Waals surface area (Å²) in [5.74, 6) is 0.273. The van der Waals surface area contributed by atoms with Crippen molar-refractivity contribution in [1.29, 1.82) is 0 Å². The van der Waals surface area contributed by atoms with Gasteiger partial charge in [-0.1, -0.05) is 42.5 Å². The molecular formula is C23H21F3N2OS. The Bertz CT molecular complexity index is 991. The number of nitrogens with zero attached hydrogens (tertiary/aromatic N) is 2. The van der Waals surface area contributed by atoms with E-state index in [0.717, 1.165) is 49.3 Å². The van der Waals surface area contributed by atoms with Crippen molar-refractivity contribution >= 4 is 17.1 Å². The van der Waals surface area contributed by atoms with Crippen molar-refractivity contribution in [1.82, 2.24) is 9.88 Å². The fourth-order valence-corrected chi connectivity index (χ4v) is 4.55. The number of rotatable bonds is 5. The van der Waals surface area contributed by atoms with Crippen LogP contribution >= 0.6 is 11.3 Å². The smallest absolute Gasteiger partial charge is 0.297 e. The van der Waals surface area contributed by atoms with E-state index in [-0.39, 0.29) is 11.7 Å². The molecule has 3 nitrogen and oxygen atoms in total. The third-order valence-electron chi connectivity index (χ3n) is 5.41. The van der Waals surface area contributed by atoms with E-state index in [1.807, 2.05) is 35.7 Å². The summed E-state index contributed by atoms with van der Waals surface area (Å²) >= 11 is 1.43. The van der Waals surface area contributed by atoms with Crippen LogP contribution in [0.3, 0.4) is 0 Å². The van der Waals surface area contributed by atoms with Crippen LogP contribution in [0.25, 0.3) is 10.6 Å². The second kappa shape index (κ2) is 8.70. The number of hydrogen-bond donors (Lipinski definition) is 0. The second-order valence-corrected chi connectivity index (χ2v) is 8.36. The third kappa shape index (κ3) is 4.79. The topological polar surface area (TPSA) is 33.2 Å². The lowest BCUT2D eigenvalue weighted by Crippen LogP contribution is -2.36. The Labute approximate surface area is 177 Å². The molecule has 0 N–H and O–H groups in total. The van der Waals surface area contributed by atoms with Gasteiger partial charge in [0, 0.05) is 29.0 Å². The first-order chi connectivity index (χ1) is 14.4. The summed E-state index contributed by atoms with van der Waals surface area (Å²) < 4.78 is 38.2. The summed E-state index contributed by atoms with van der Waals surface area (Å²) in [6, 6.07) is 14.5. The predicted molar refractivity (Wildman–Crippen MR) is 111 cm³/mol. The number of halogens is 3. The lowest BCUT2D eigenvalue weighted by molar-refractivity contribution is -0.137. The second-order valence-electron chi connectivity index (χ2n) is 7.50. The number of carbonyl (C=O) groups is 1. The number of alkyl halides is 3. The van der Waals surface area contributed by atoms with Crippen molar-refractivity contribution in [3.05, 3.63) is 76.8 Å². The van der Waals surface area contributed by atoms with E-state index in [1.165, 1.54) is 23.5 Å². The lowest BCUT2D eigenvalue weighted by atomic mass is 9.89. The van der Waals surface area contributed by atoms with Gasteiger partial charge in [0.05, 0.1) is 11.3 Å². The monoisotopic (exact) mass is 430 g/mol. The molecule has 1 aromatic heterocycles.